The maximum absolute atomic E-state index is 12.0. The minimum absolute atomic E-state index is 0.312. The maximum atomic E-state index is 12.0. The van der Waals surface area contributed by atoms with Gasteiger partial charge < -0.3 is 14.9 Å². The van der Waals surface area contributed by atoms with Crippen LogP contribution < -0.4 is 0 Å². The van der Waals surface area contributed by atoms with Crippen molar-refractivity contribution in [1.29, 1.82) is 0 Å². The fourth-order valence-electron chi connectivity index (χ4n) is 3.00. The van der Waals surface area contributed by atoms with Crippen molar-refractivity contribution in [3.63, 3.8) is 0 Å². The summed E-state index contributed by atoms with van der Waals surface area (Å²) >= 11 is 1.04. The van der Waals surface area contributed by atoms with E-state index in [0.717, 1.165) is 24.6 Å². The predicted octanol–water partition coefficient (Wildman–Crippen LogP) is 4.68. The molecule has 0 fully saturated rings. The Hall–Kier alpha value is -1.01. The number of carbonyl (C=O) groups is 2. The quantitative estimate of drug-likeness (QED) is 0.242. The molecule has 1 aliphatic rings. The SMILES string of the molecule is CCCCCCCCCCCCCCSC(=O)C1=C(O)[C@@H](CO)OC1=O. The zero-order valence-electron chi connectivity index (χ0n) is 16.0. The summed E-state index contributed by atoms with van der Waals surface area (Å²) in [7, 11) is 0. The number of unbranched alkanes of at least 4 members (excludes halogenated alkanes) is 11. The van der Waals surface area contributed by atoms with Crippen LogP contribution in [0, 0.1) is 0 Å². The molecule has 0 aromatic heterocycles. The van der Waals surface area contributed by atoms with Gasteiger partial charge in [0, 0.05) is 5.75 Å². The van der Waals surface area contributed by atoms with Gasteiger partial charge in [0.2, 0.25) is 5.12 Å². The molecular formula is C20H34O5S. The van der Waals surface area contributed by atoms with Gasteiger partial charge in [0.05, 0.1) is 6.61 Å². The molecule has 0 aromatic carbocycles. The summed E-state index contributed by atoms with van der Waals surface area (Å²) in [6.45, 7) is 1.72. The molecule has 0 saturated carbocycles. The number of cyclic esters (lactones) is 1. The second-order valence-corrected chi connectivity index (χ2v) is 7.93. The van der Waals surface area contributed by atoms with Crippen LogP contribution in [0.4, 0.5) is 0 Å². The highest BCUT2D eigenvalue weighted by Gasteiger charge is 2.37. The third-order valence-electron chi connectivity index (χ3n) is 4.62. The monoisotopic (exact) mass is 386 g/mol. The first-order valence-electron chi connectivity index (χ1n) is 10.0. The topological polar surface area (TPSA) is 83.8 Å². The molecule has 0 saturated heterocycles. The van der Waals surface area contributed by atoms with Crippen LogP contribution in [0.2, 0.25) is 0 Å². The predicted molar refractivity (Wildman–Crippen MR) is 105 cm³/mol. The molecule has 2 N–H and O–H groups in total. The van der Waals surface area contributed by atoms with Gasteiger partial charge in [-0.3, -0.25) is 4.79 Å². The lowest BCUT2D eigenvalue weighted by atomic mass is 10.1. The highest BCUT2D eigenvalue weighted by molar-refractivity contribution is 8.14. The fourth-order valence-corrected chi connectivity index (χ4v) is 3.87. The van der Waals surface area contributed by atoms with Gasteiger partial charge in [-0.1, -0.05) is 89.3 Å². The molecule has 0 radical (unpaired) electrons. The van der Waals surface area contributed by atoms with Gasteiger partial charge in [0.15, 0.2) is 17.4 Å². The summed E-state index contributed by atoms with van der Waals surface area (Å²) in [5.41, 5.74) is -0.312. The molecule has 0 spiro atoms. The number of esters is 1. The van der Waals surface area contributed by atoms with E-state index in [2.05, 4.69) is 6.92 Å². The Balaban J connectivity index is 1.98. The zero-order valence-corrected chi connectivity index (χ0v) is 16.8. The number of thioether (sulfide) groups is 1. The third kappa shape index (κ3) is 8.58. The molecule has 1 aliphatic heterocycles. The molecule has 0 aliphatic carbocycles. The van der Waals surface area contributed by atoms with Crippen molar-refractivity contribution in [3.05, 3.63) is 11.3 Å². The van der Waals surface area contributed by atoms with Crippen molar-refractivity contribution in [2.45, 2.75) is 90.1 Å². The van der Waals surface area contributed by atoms with Gasteiger partial charge in [-0.2, -0.15) is 0 Å². The smallest absolute Gasteiger partial charge is 0.347 e. The molecule has 0 unspecified atom stereocenters. The molecule has 1 rings (SSSR count). The van der Waals surface area contributed by atoms with Crippen LogP contribution in [0.25, 0.3) is 0 Å². The molecule has 0 amide bonds. The van der Waals surface area contributed by atoms with Crippen LogP contribution >= 0.6 is 11.8 Å². The van der Waals surface area contributed by atoms with E-state index in [1.165, 1.54) is 64.2 Å². The van der Waals surface area contributed by atoms with E-state index in [0.29, 0.717) is 5.75 Å². The van der Waals surface area contributed by atoms with Gasteiger partial charge >= 0.3 is 5.97 Å². The van der Waals surface area contributed by atoms with E-state index in [-0.39, 0.29) is 5.57 Å². The first-order valence-corrected chi connectivity index (χ1v) is 11.0. The van der Waals surface area contributed by atoms with Crippen molar-refractivity contribution >= 4 is 22.8 Å². The summed E-state index contributed by atoms with van der Waals surface area (Å²) in [5.74, 6) is -0.650. The van der Waals surface area contributed by atoms with Gasteiger partial charge in [0.1, 0.15) is 0 Å². The number of rotatable bonds is 15. The molecular weight excluding hydrogens is 352 g/mol. The Labute approximate surface area is 161 Å². The second-order valence-electron chi connectivity index (χ2n) is 6.86. The molecule has 150 valence electrons. The van der Waals surface area contributed by atoms with Crippen LogP contribution in [0.15, 0.2) is 11.3 Å². The molecule has 1 atom stereocenters. The van der Waals surface area contributed by atoms with Crippen LogP contribution in [0.3, 0.4) is 0 Å². The van der Waals surface area contributed by atoms with E-state index in [9.17, 15) is 14.7 Å². The van der Waals surface area contributed by atoms with Crippen LogP contribution in [0.5, 0.6) is 0 Å². The molecule has 6 heteroatoms. The molecule has 26 heavy (non-hydrogen) atoms. The minimum atomic E-state index is -1.09. The normalized spacial score (nSPS) is 17.0. The van der Waals surface area contributed by atoms with Gasteiger partial charge in [-0.25, -0.2) is 4.79 Å². The second kappa shape index (κ2) is 14.1. The Kier molecular flexibility index (Phi) is 12.5. The van der Waals surface area contributed by atoms with E-state index in [4.69, 9.17) is 9.84 Å². The average Bonchev–Trinajstić information content (AvgIpc) is 2.92. The highest BCUT2D eigenvalue weighted by atomic mass is 32.2. The lowest BCUT2D eigenvalue weighted by molar-refractivity contribution is -0.142. The standard InChI is InChI=1S/C20H34O5S/c1-2-3-4-5-6-7-8-9-10-11-12-13-14-26-20(24)17-18(22)16(15-21)25-19(17)23/h16,21-22H,2-15H2,1H3/t16-/m1/s1. The van der Waals surface area contributed by atoms with Crippen LogP contribution in [-0.4, -0.2) is 39.8 Å². The van der Waals surface area contributed by atoms with Crippen molar-refractivity contribution in [1.82, 2.24) is 0 Å². The van der Waals surface area contributed by atoms with Gasteiger partial charge in [-0.05, 0) is 6.42 Å². The molecule has 1 heterocycles. The lowest BCUT2D eigenvalue weighted by Crippen LogP contribution is -2.15. The molecule has 0 bridgehead atoms. The Morgan fingerprint density at radius 1 is 0.962 bits per heavy atom. The molecule has 0 aromatic rings. The molecule has 5 nitrogen and oxygen atoms in total. The van der Waals surface area contributed by atoms with E-state index in [1.54, 1.807) is 0 Å². The summed E-state index contributed by atoms with van der Waals surface area (Å²) in [5, 5.41) is 18.2. The first-order chi connectivity index (χ1) is 12.6. The van der Waals surface area contributed by atoms with Gasteiger partial charge in [0.25, 0.3) is 0 Å². The van der Waals surface area contributed by atoms with E-state index in [1.807, 2.05) is 0 Å². The summed E-state index contributed by atoms with van der Waals surface area (Å²) in [6, 6.07) is 0. The van der Waals surface area contributed by atoms with Crippen LogP contribution in [-0.2, 0) is 14.3 Å². The number of hydrogen-bond donors (Lipinski definition) is 2. The number of carbonyl (C=O) groups excluding carboxylic acids is 2. The Morgan fingerprint density at radius 3 is 1.92 bits per heavy atom. The van der Waals surface area contributed by atoms with Crippen LogP contribution in [0.1, 0.15) is 84.0 Å². The summed E-state index contributed by atoms with van der Waals surface area (Å²) in [4.78, 5) is 23.5. The van der Waals surface area contributed by atoms with Crippen molar-refractivity contribution < 1.29 is 24.5 Å². The van der Waals surface area contributed by atoms with Crippen molar-refractivity contribution in [3.8, 4) is 0 Å². The van der Waals surface area contributed by atoms with Crippen molar-refractivity contribution in [2.75, 3.05) is 12.4 Å². The lowest BCUT2D eigenvalue weighted by Gasteiger charge is -2.03. The Bertz CT molecular complexity index is 461. The minimum Gasteiger partial charge on any atom is -0.507 e. The number of ether oxygens (including phenoxy) is 1. The third-order valence-corrected chi connectivity index (χ3v) is 5.57. The summed E-state index contributed by atoms with van der Waals surface area (Å²) in [6.07, 6.45) is 14.0. The average molecular weight is 387 g/mol. The van der Waals surface area contributed by atoms with Gasteiger partial charge in [-0.15, -0.1) is 0 Å². The largest absolute Gasteiger partial charge is 0.507 e. The number of aliphatic hydroxyl groups is 2. The van der Waals surface area contributed by atoms with E-state index >= 15 is 0 Å². The Morgan fingerprint density at radius 2 is 1.46 bits per heavy atom. The number of aliphatic hydroxyl groups excluding tert-OH is 2. The first kappa shape index (κ1) is 23.0. The highest BCUT2D eigenvalue weighted by Crippen LogP contribution is 2.25. The maximum Gasteiger partial charge on any atom is 0.347 e. The zero-order chi connectivity index (χ0) is 19.2. The summed E-state index contributed by atoms with van der Waals surface area (Å²) < 4.78 is 4.73. The number of hydrogen-bond acceptors (Lipinski definition) is 6. The fraction of sp³-hybridized carbons (Fsp3) is 0.800. The van der Waals surface area contributed by atoms with E-state index < -0.39 is 29.6 Å². The van der Waals surface area contributed by atoms with Crippen molar-refractivity contribution in [2.24, 2.45) is 0 Å².